The summed E-state index contributed by atoms with van der Waals surface area (Å²) in [5.41, 5.74) is 0.128. The molecular weight excluding hydrogens is 639 g/mol. The number of carbonyl (C=O) groups excluding carboxylic acids is 2. The fourth-order valence-electron chi connectivity index (χ4n) is 4.22. The molecule has 4 rings (SSSR count). The molecule has 12 heteroatoms. The summed E-state index contributed by atoms with van der Waals surface area (Å²) in [5.74, 6) is -1.24. The molecule has 2 heterocycles. The summed E-state index contributed by atoms with van der Waals surface area (Å²) >= 11 is 1.20. The predicted molar refractivity (Wildman–Crippen MR) is 142 cm³/mol. The largest absolute Gasteiger partial charge is 1.00 e. The van der Waals surface area contributed by atoms with Gasteiger partial charge in [0.15, 0.2) is 6.67 Å². The molecule has 2 aliphatic heterocycles. The van der Waals surface area contributed by atoms with E-state index in [1.54, 1.807) is 31.9 Å². The lowest BCUT2D eigenvalue weighted by molar-refractivity contribution is -0.825. The molecule has 0 aliphatic carbocycles. The Kier molecular flexibility index (Phi) is 9.99. The Balaban J connectivity index is 0.00000420. The van der Waals surface area contributed by atoms with E-state index in [9.17, 15) is 18.4 Å². The highest BCUT2D eigenvalue weighted by molar-refractivity contribution is 8.15. The fraction of sp³-hybridized carbons (Fsp3) is 0.370. The average molecular weight is 672 g/mol. The Morgan fingerprint density at radius 2 is 1.90 bits per heavy atom. The molecule has 0 spiro atoms. The maximum Gasteiger partial charge on any atom is 0.407 e. The van der Waals surface area contributed by atoms with Gasteiger partial charge in [0, 0.05) is 12.1 Å². The van der Waals surface area contributed by atoms with Crippen LogP contribution in [0.15, 0.2) is 66.0 Å². The van der Waals surface area contributed by atoms with Crippen molar-refractivity contribution in [2.45, 2.75) is 44.1 Å². The summed E-state index contributed by atoms with van der Waals surface area (Å²) in [6.07, 6.45) is 3.84. The summed E-state index contributed by atoms with van der Waals surface area (Å²) in [6.45, 7) is 6.04. The van der Waals surface area contributed by atoms with E-state index in [1.165, 1.54) is 16.8 Å². The van der Waals surface area contributed by atoms with E-state index in [4.69, 9.17) is 4.74 Å². The second-order valence-corrected chi connectivity index (χ2v) is 11.5. The van der Waals surface area contributed by atoms with Crippen LogP contribution in [0, 0.1) is 11.6 Å². The normalized spacial score (nSPS) is 20.5. The molecule has 2 aromatic rings. The van der Waals surface area contributed by atoms with Gasteiger partial charge in [-0.3, -0.25) is 4.90 Å². The van der Waals surface area contributed by atoms with E-state index in [0.717, 1.165) is 28.7 Å². The summed E-state index contributed by atoms with van der Waals surface area (Å²) in [4.78, 5) is 27.5. The quantitative estimate of drug-likeness (QED) is 0.358. The molecule has 0 saturated carbocycles. The smallest absolute Gasteiger partial charge is 0.407 e. The van der Waals surface area contributed by atoms with Crippen LogP contribution in [0.5, 0.6) is 0 Å². The second kappa shape index (κ2) is 12.6. The van der Waals surface area contributed by atoms with Gasteiger partial charge >= 0.3 is 12.1 Å². The average Bonchev–Trinajstić information content (AvgIpc) is 3.47. The van der Waals surface area contributed by atoms with Crippen LogP contribution >= 0.6 is 11.8 Å². The zero-order valence-corrected chi connectivity index (χ0v) is 25.2. The number of amides is 3. The van der Waals surface area contributed by atoms with Crippen molar-refractivity contribution in [1.82, 2.24) is 15.2 Å². The number of carbonyl (C=O) groups is 2. The van der Waals surface area contributed by atoms with Gasteiger partial charge in [-0.25, -0.2) is 23.3 Å². The van der Waals surface area contributed by atoms with Crippen molar-refractivity contribution in [3.63, 3.8) is 0 Å². The number of ether oxygens (including phenoxy) is 1. The third kappa shape index (κ3) is 7.28. The highest BCUT2D eigenvalue weighted by Gasteiger charge is 2.50. The molecule has 0 aromatic heterocycles. The minimum Gasteiger partial charge on any atom is -1.00 e. The first-order chi connectivity index (χ1) is 18.0. The van der Waals surface area contributed by atoms with Crippen LogP contribution in [-0.4, -0.2) is 52.9 Å². The highest BCUT2D eigenvalue weighted by atomic mass is 127. The van der Waals surface area contributed by atoms with Gasteiger partial charge in [0.2, 0.25) is 0 Å². The number of alkyl carbamates (subject to hydrolysis) is 1. The summed E-state index contributed by atoms with van der Waals surface area (Å²) in [6, 6.07) is 12.1. The number of nitrogens with one attached hydrogen (secondary N) is 2. The molecule has 0 radical (unpaired) electrons. The summed E-state index contributed by atoms with van der Waals surface area (Å²) in [7, 11) is 1.92. The van der Waals surface area contributed by atoms with Crippen molar-refractivity contribution in [3.05, 3.63) is 83.7 Å². The molecule has 0 saturated heterocycles. The van der Waals surface area contributed by atoms with Gasteiger partial charge < -0.3 is 34.0 Å². The molecule has 210 valence electrons. The second-order valence-electron chi connectivity index (χ2n) is 10.2. The SMILES string of the molecule is C[NH+]1C=CN(C(=O)N2N=C(c3cc(F)ccc3F)SC2(CCCNC(=O)OC(C)(C)C)c2ccccc2)C1.[I-]. The zero-order chi connectivity index (χ0) is 27.5. The van der Waals surface area contributed by atoms with Gasteiger partial charge in [-0.05, 0) is 57.4 Å². The number of halogens is 3. The Morgan fingerprint density at radius 3 is 2.54 bits per heavy atom. The minimum absolute atomic E-state index is 0. The lowest BCUT2D eigenvalue weighted by Gasteiger charge is -2.37. The van der Waals surface area contributed by atoms with E-state index < -0.39 is 28.2 Å². The number of hydrazone groups is 1. The number of hydrogen-bond acceptors (Lipinski definition) is 5. The maximum atomic E-state index is 14.8. The number of quaternary nitrogens is 1. The molecule has 2 N–H and O–H groups in total. The molecule has 2 atom stereocenters. The predicted octanol–water partition coefficient (Wildman–Crippen LogP) is 1.22. The topological polar surface area (TPSA) is 78.7 Å². The van der Waals surface area contributed by atoms with Crippen molar-refractivity contribution in [2.24, 2.45) is 5.10 Å². The van der Waals surface area contributed by atoms with Gasteiger partial charge in [0.05, 0.1) is 13.2 Å². The van der Waals surface area contributed by atoms with E-state index in [1.807, 2.05) is 43.6 Å². The van der Waals surface area contributed by atoms with Crippen molar-refractivity contribution in [2.75, 3.05) is 20.3 Å². The lowest BCUT2D eigenvalue weighted by atomic mass is 10.0. The third-order valence-electron chi connectivity index (χ3n) is 5.93. The van der Waals surface area contributed by atoms with Crippen LogP contribution in [0.2, 0.25) is 0 Å². The van der Waals surface area contributed by atoms with Gasteiger partial charge in [-0.2, -0.15) is 10.1 Å². The van der Waals surface area contributed by atoms with Gasteiger partial charge in [-0.1, -0.05) is 42.1 Å². The maximum absolute atomic E-state index is 14.8. The molecule has 8 nitrogen and oxygen atoms in total. The number of nitrogens with zero attached hydrogens (tertiary/aromatic N) is 3. The van der Waals surface area contributed by atoms with Crippen LogP contribution in [0.4, 0.5) is 18.4 Å². The Hall–Kier alpha value is -2.71. The van der Waals surface area contributed by atoms with Crippen LogP contribution in [-0.2, 0) is 9.61 Å². The standard InChI is InChI=1S/C27H31F2N5O3S.HI/c1-26(2,3)37-24(35)30-14-8-13-27(19-9-6-5-7-10-19)34(25(36)33-16-15-32(4)18-33)31-23(38-27)21-17-20(28)11-12-22(21)29;/h5-7,9-12,15-17H,8,13-14,18H2,1-4H3,(H,30,35);1H. The molecule has 39 heavy (non-hydrogen) atoms. The number of rotatable bonds is 6. The number of benzene rings is 2. The van der Waals surface area contributed by atoms with Gasteiger partial charge in [-0.15, -0.1) is 0 Å². The number of urea groups is 1. The number of hydrogen-bond donors (Lipinski definition) is 2. The molecule has 3 amide bonds. The summed E-state index contributed by atoms with van der Waals surface area (Å²) in [5, 5.41) is 8.89. The van der Waals surface area contributed by atoms with Gasteiger partial charge in [0.1, 0.15) is 33.4 Å². The van der Waals surface area contributed by atoms with E-state index in [-0.39, 0.29) is 47.2 Å². The van der Waals surface area contributed by atoms with Crippen LogP contribution in [0.25, 0.3) is 0 Å². The van der Waals surface area contributed by atoms with Crippen molar-refractivity contribution >= 4 is 28.9 Å². The molecule has 0 fully saturated rings. The first-order valence-electron chi connectivity index (χ1n) is 12.4. The van der Waals surface area contributed by atoms with Crippen LogP contribution in [0.1, 0.15) is 44.7 Å². The number of thioether (sulfide) groups is 1. The molecule has 2 unspecified atom stereocenters. The Labute approximate surface area is 248 Å². The lowest BCUT2D eigenvalue weighted by Crippen LogP contribution is -3.04. The van der Waals surface area contributed by atoms with E-state index in [0.29, 0.717) is 19.5 Å². The monoisotopic (exact) mass is 671 g/mol. The fourth-order valence-corrected chi connectivity index (χ4v) is 5.64. The van der Waals surface area contributed by atoms with Crippen molar-refractivity contribution in [3.8, 4) is 0 Å². The van der Waals surface area contributed by atoms with Crippen LogP contribution < -0.4 is 34.2 Å². The first-order valence-corrected chi connectivity index (χ1v) is 13.2. The highest BCUT2D eigenvalue weighted by Crippen LogP contribution is 2.51. The van der Waals surface area contributed by atoms with Crippen molar-refractivity contribution < 1.29 is 52.0 Å². The molecule has 2 aliphatic rings. The summed E-state index contributed by atoms with van der Waals surface area (Å²) < 4.78 is 34.3. The zero-order valence-electron chi connectivity index (χ0n) is 22.2. The molecule has 2 aromatic carbocycles. The molecular formula is C27H32F2IN5O3S. The van der Waals surface area contributed by atoms with E-state index >= 15 is 0 Å². The Morgan fingerprint density at radius 1 is 1.18 bits per heavy atom. The van der Waals surface area contributed by atoms with Gasteiger partial charge in [0.25, 0.3) is 0 Å². The first kappa shape index (κ1) is 30.8. The van der Waals surface area contributed by atoms with E-state index in [2.05, 4.69) is 10.4 Å². The van der Waals surface area contributed by atoms with Crippen molar-refractivity contribution in [1.29, 1.82) is 0 Å². The van der Waals surface area contributed by atoms with Crippen LogP contribution in [0.3, 0.4) is 0 Å². The molecule has 0 bridgehead atoms. The minimum atomic E-state index is -1.06. The third-order valence-corrected chi connectivity index (χ3v) is 7.37. The Bertz CT molecular complexity index is 1260.